The molecule has 2 fully saturated rings. The van der Waals surface area contributed by atoms with Gasteiger partial charge in [-0.05, 0) is 74.5 Å². The second kappa shape index (κ2) is 12.6. The molecular weight excluding hydrogens is 599 g/mol. The summed E-state index contributed by atoms with van der Waals surface area (Å²) in [5, 5.41) is 9.39. The SMILES string of the molecule is CC1(C)Cc2c(c3c(n2-c2cc(F)c(C(N)=O)c(NC4CCC(NC(=O)NCCN5CCOCC5)CC4)c2)CCC3)S(=O)(=O)C1. The Morgan fingerprint density at radius 3 is 2.49 bits per heavy atom. The number of nitrogens with zero attached hydrogens (tertiary/aromatic N) is 2. The highest BCUT2D eigenvalue weighted by Gasteiger charge is 2.42. The van der Waals surface area contributed by atoms with E-state index in [1.807, 2.05) is 18.4 Å². The molecule has 2 aliphatic heterocycles. The number of morpholine rings is 1. The van der Waals surface area contributed by atoms with Crippen LogP contribution in [-0.2, 0) is 33.8 Å². The molecule has 0 unspecified atom stereocenters. The van der Waals surface area contributed by atoms with E-state index in [4.69, 9.17) is 10.5 Å². The van der Waals surface area contributed by atoms with Crippen molar-refractivity contribution in [2.45, 2.75) is 82.2 Å². The normalized spacial score (nSPS) is 24.0. The van der Waals surface area contributed by atoms with Crippen LogP contribution in [0.3, 0.4) is 0 Å². The molecule has 5 N–H and O–H groups in total. The van der Waals surface area contributed by atoms with Gasteiger partial charge in [-0.15, -0.1) is 0 Å². The summed E-state index contributed by atoms with van der Waals surface area (Å²) in [5.74, 6) is -1.52. The molecule has 13 heteroatoms. The molecule has 1 saturated heterocycles. The number of sulfone groups is 1. The number of aromatic nitrogens is 1. The first kappa shape index (κ1) is 31.8. The van der Waals surface area contributed by atoms with E-state index in [1.165, 1.54) is 6.07 Å². The van der Waals surface area contributed by atoms with E-state index in [0.29, 0.717) is 60.6 Å². The zero-order chi connectivity index (χ0) is 31.9. The lowest BCUT2D eigenvalue weighted by Gasteiger charge is -2.32. The summed E-state index contributed by atoms with van der Waals surface area (Å²) >= 11 is 0. The molecule has 246 valence electrons. The predicted octanol–water partition coefficient (Wildman–Crippen LogP) is 2.91. The number of halogens is 1. The van der Waals surface area contributed by atoms with Crippen LogP contribution in [0.2, 0.25) is 0 Å². The van der Waals surface area contributed by atoms with Crippen molar-refractivity contribution in [2.75, 3.05) is 50.5 Å². The molecule has 2 aliphatic carbocycles. The quantitative estimate of drug-likeness (QED) is 0.346. The maximum absolute atomic E-state index is 15.7. The topological polar surface area (TPSA) is 148 Å². The van der Waals surface area contributed by atoms with Gasteiger partial charge in [0.2, 0.25) is 0 Å². The minimum Gasteiger partial charge on any atom is -0.382 e. The highest BCUT2D eigenvalue weighted by Crippen LogP contribution is 2.45. The molecule has 6 rings (SSSR count). The van der Waals surface area contributed by atoms with E-state index >= 15 is 4.39 Å². The van der Waals surface area contributed by atoms with Crippen LogP contribution in [0.15, 0.2) is 17.0 Å². The summed E-state index contributed by atoms with van der Waals surface area (Å²) in [4.78, 5) is 27.6. The van der Waals surface area contributed by atoms with Crippen LogP contribution in [0.5, 0.6) is 0 Å². The summed E-state index contributed by atoms with van der Waals surface area (Å²) in [6, 6.07) is 2.82. The molecule has 1 aromatic carbocycles. The third kappa shape index (κ3) is 6.71. The molecule has 1 saturated carbocycles. The zero-order valence-electron chi connectivity index (χ0n) is 26.2. The highest BCUT2D eigenvalue weighted by molar-refractivity contribution is 7.91. The van der Waals surface area contributed by atoms with E-state index in [1.54, 1.807) is 6.07 Å². The van der Waals surface area contributed by atoms with Crippen molar-refractivity contribution in [3.8, 4) is 5.69 Å². The maximum Gasteiger partial charge on any atom is 0.315 e. The third-order valence-electron chi connectivity index (χ3n) is 9.62. The van der Waals surface area contributed by atoms with Gasteiger partial charge in [-0.2, -0.15) is 0 Å². The number of urea groups is 1. The van der Waals surface area contributed by atoms with Crippen molar-refractivity contribution in [3.63, 3.8) is 0 Å². The number of primary amides is 1. The Bertz CT molecular complexity index is 1570. The Balaban J connectivity index is 1.17. The molecule has 3 heterocycles. The number of amides is 3. The number of nitrogens with one attached hydrogen (secondary N) is 3. The van der Waals surface area contributed by atoms with E-state index in [-0.39, 0.29) is 29.4 Å². The number of fused-ring (bicyclic) bond motifs is 3. The monoisotopic (exact) mass is 644 g/mol. The van der Waals surface area contributed by atoms with Crippen molar-refractivity contribution in [3.05, 3.63) is 40.5 Å². The number of hydrogen-bond acceptors (Lipinski definition) is 7. The van der Waals surface area contributed by atoms with Gasteiger partial charge in [0.1, 0.15) is 5.82 Å². The number of benzene rings is 1. The Kier molecular flexibility index (Phi) is 8.88. The van der Waals surface area contributed by atoms with Crippen LogP contribution in [-0.4, -0.2) is 87.1 Å². The van der Waals surface area contributed by atoms with Crippen molar-refractivity contribution < 1.29 is 27.1 Å². The number of hydrogen-bond donors (Lipinski definition) is 4. The van der Waals surface area contributed by atoms with Gasteiger partial charge in [-0.3, -0.25) is 9.69 Å². The molecule has 0 radical (unpaired) electrons. The number of carbonyl (C=O) groups excluding carboxylic acids is 2. The molecule has 0 atom stereocenters. The highest BCUT2D eigenvalue weighted by atomic mass is 32.2. The number of rotatable bonds is 8. The largest absolute Gasteiger partial charge is 0.382 e. The van der Waals surface area contributed by atoms with Crippen LogP contribution in [0.25, 0.3) is 5.69 Å². The van der Waals surface area contributed by atoms with Crippen LogP contribution in [0, 0.1) is 11.2 Å². The van der Waals surface area contributed by atoms with Crippen LogP contribution >= 0.6 is 0 Å². The number of ether oxygens (including phenoxy) is 1. The van der Waals surface area contributed by atoms with Gasteiger partial charge in [-0.1, -0.05) is 13.8 Å². The molecule has 2 aromatic rings. The first-order valence-electron chi connectivity index (χ1n) is 16.1. The number of carbonyl (C=O) groups is 2. The standard InChI is InChI=1S/C32H45FN6O5S/c1-32(2)18-27-29(45(42,43)19-32)23-4-3-5-26(23)39(27)22-16-24(33)28(30(34)40)25(17-22)36-20-6-8-21(9-7-20)37-31(41)35-10-11-38-12-14-44-15-13-38/h16-17,20-21,36H,3-15,18-19H2,1-2H3,(H2,34,40)(H2,35,37,41). The first-order chi connectivity index (χ1) is 21.4. The molecule has 0 spiro atoms. The van der Waals surface area contributed by atoms with E-state index in [0.717, 1.165) is 63.4 Å². The van der Waals surface area contributed by atoms with Gasteiger partial charge >= 0.3 is 6.03 Å². The fraction of sp³-hybridized carbons (Fsp3) is 0.625. The molecule has 0 bridgehead atoms. The summed E-state index contributed by atoms with van der Waals surface area (Å²) < 4.78 is 49.9. The smallest absolute Gasteiger partial charge is 0.315 e. The molecule has 1 aromatic heterocycles. The fourth-order valence-electron chi connectivity index (χ4n) is 7.66. The van der Waals surface area contributed by atoms with Crippen molar-refractivity contribution in [1.82, 2.24) is 20.1 Å². The average Bonchev–Trinajstić information content (AvgIpc) is 3.53. The lowest BCUT2D eigenvalue weighted by Crippen LogP contribution is -2.47. The maximum atomic E-state index is 15.7. The van der Waals surface area contributed by atoms with E-state index < -0.39 is 27.0 Å². The van der Waals surface area contributed by atoms with E-state index in [9.17, 15) is 18.0 Å². The average molecular weight is 645 g/mol. The van der Waals surface area contributed by atoms with Gasteiger partial charge in [0.25, 0.3) is 5.91 Å². The second-order valence-electron chi connectivity index (χ2n) is 13.8. The molecule has 45 heavy (non-hydrogen) atoms. The van der Waals surface area contributed by atoms with Gasteiger partial charge in [0.05, 0.1) is 40.8 Å². The summed E-state index contributed by atoms with van der Waals surface area (Å²) in [6.07, 6.45) is 5.66. The van der Waals surface area contributed by atoms with Gasteiger partial charge in [0, 0.05) is 49.7 Å². The van der Waals surface area contributed by atoms with Gasteiger partial charge < -0.3 is 31.0 Å². The molecular formula is C32H45FN6O5S. The Labute approximate surface area is 264 Å². The molecule has 4 aliphatic rings. The number of anilines is 1. The Hall–Kier alpha value is -3.16. The zero-order valence-corrected chi connectivity index (χ0v) is 27.0. The Morgan fingerprint density at radius 1 is 1.07 bits per heavy atom. The van der Waals surface area contributed by atoms with Crippen molar-refractivity contribution >= 4 is 27.5 Å². The lowest BCUT2D eigenvalue weighted by molar-refractivity contribution is 0.0387. The van der Waals surface area contributed by atoms with Crippen LogP contribution in [0.4, 0.5) is 14.9 Å². The van der Waals surface area contributed by atoms with Crippen molar-refractivity contribution in [1.29, 1.82) is 0 Å². The molecule has 11 nitrogen and oxygen atoms in total. The molecule has 3 amide bonds. The van der Waals surface area contributed by atoms with Gasteiger partial charge in [0.15, 0.2) is 9.84 Å². The fourth-order valence-corrected chi connectivity index (χ4v) is 10.1. The summed E-state index contributed by atoms with van der Waals surface area (Å²) in [6.45, 7) is 8.44. The third-order valence-corrected chi connectivity index (χ3v) is 11.9. The van der Waals surface area contributed by atoms with Crippen LogP contribution < -0.4 is 21.7 Å². The minimum atomic E-state index is -3.50. The summed E-state index contributed by atoms with van der Waals surface area (Å²) in [7, 11) is -3.50. The lowest BCUT2D eigenvalue weighted by atomic mass is 9.89. The Morgan fingerprint density at radius 2 is 1.78 bits per heavy atom. The van der Waals surface area contributed by atoms with Crippen LogP contribution in [0.1, 0.15) is 73.3 Å². The second-order valence-corrected chi connectivity index (χ2v) is 15.7. The minimum absolute atomic E-state index is 0.0180. The first-order valence-corrected chi connectivity index (χ1v) is 17.8. The van der Waals surface area contributed by atoms with Gasteiger partial charge in [-0.25, -0.2) is 17.6 Å². The summed E-state index contributed by atoms with van der Waals surface area (Å²) in [5.41, 5.74) is 8.25. The van der Waals surface area contributed by atoms with E-state index in [2.05, 4.69) is 20.9 Å². The number of nitrogens with two attached hydrogens (primary N) is 1. The van der Waals surface area contributed by atoms with Crippen molar-refractivity contribution in [2.24, 2.45) is 11.1 Å². The predicted molar refractivity (Wildman–Crippen MR) is 169 cm³/mol.